The van der Waals surface area contributed by atoms with Crippen LogP contribution in [0, 0.1) is 0 Å². The Labute approximate surface area is 132 Å². The number of benzene rings is 1. The van der Waals surface area contributed by atoms with Crippen LogP contribution in [0.5, 0.6) is 5.75 Å². The van der Waals surface area contributed by atoms with E-state index in [0.29, 0.717) is 18.2 Å². The van der Waals surface area contributed by atoms with Gasteiger partial charge in [-0.3, -0.25) is 4.79 Å². The van der Waals surface area contributed by atoms with E-state index in [1.165, 1.54) is 11.8 Å². The molecule has 1 amide bonds. The Morgan fingerprint density at radius 1 is 1.36 bits per heavy atom. The summed E-state index contributed by atoms with van der Waals surface area (Å²) in [6.45, 7) is 2.92. The predicted octanol–water partition coefficient (Wildman–Crippen LogP) is 1.57. The molecule has 0 aromatic heterocycles. The van der Waals surface area contributed by atoms with Crippen molar-refractivity contribution in [2.24, 2.45) is 0 Å². The Hall–Kier alpha value is -2.12. The van der Waals surface area contributed by atoms with Crippen LogP contribution in [0.15, 0.2) is 41.0 Å². The number of aromatic hydroxyl groups is 1. The number of carbonyl (C=O) groups excluding carboxylic acids is 1. The van der Waals surface area contributed by atoms with Gasteiger partial charge >= 0.3 is 0 Å². The van der Waals surface area contributed by atoms with Gasteiger partial charge in [-0.2, -0.15) is 0 Å². The number of ether oxygens (including phenoxy) is 1. The second-order valence-corrected chi connectivity index (χ2v) is 5.80. The molecule has 0 unspecified atom stereocenters. The zero-order chi connectivity index (χ0) is 15.4. The Bertz CT molecular complexity index is 624. The number of nitrogens with one attached hydrogen (secondary N) is 2. The number of hydrogen-bond donors (Lipinski definition) is 3. The highest BCUT2D eigenvalue weighted by Crippen LogP contribution is 2.26. The summed E-state index contributed by atoms with van der Waals surface area (Å²) >= 11 is 1.40. The molecule has 1 aromatic rings. The van der Waals surface area contributed by atoms with Gasteiger partial charge in [-0.1, -0.05) is 11.8 Å². The third kappa shape index (κ3) is 3.37. The van der Waals surface area contributed by atoms with Crippen LogP contribution in [-0.4, -0.2) is 37.3 Å². The minimum absolute atomic E-state index is 0.0218. The van der Waals surface area contributed by atoms with E-state index in [-0.39, 0.29) is 17.2 Å². The number of rotatable bonds is 3. The van der Waals surface area contributed by atoms with Crippen molar-refractivity contribution in [1.29, 1.82) is 0 Å². The zero-order valence-electron chi connectivity index (χ0n) is 11.9. The minimum Gasteiger partial charge on any atom is -0.507 e. The predicted molar refractivity (Wildman–Crippen MR) is 86.6 cm³/mol. The highest BCUT2D eigenvalue weighted by Gasteiger charge is 2.17. The molecule has 2 aliphatic heterocycles. The van der Waals surface area contributed by atoms with Gasteiger partial charge in [-0.05, 0) is 17.5 Å². The maximum absolute atomic E-state index is 12.2. The maximum atomic E-state index is 12.2. The van der Waals surface area contributed by atoms with Gasteiger partial charge in [-0.25, -0.2) is 0 Å². The molecule has 0 saturated carbocycles. The molecule has 0 bridgehead atoms. The molecule has 0 radical (unpaired) electrons. The van der Waals surface area contributed by atoms with Crippen molar-refractivity contribution in [3.8, 4) is 5.75 Å². The fourth-order valence-corrected chi connectivity index (χ4v) is 2.86. The van der Waals surface area contributed by atoms with Gasteiger partial charge in [0.05, 0.1) is 23.8 Å². The lowest BCUT2D eigenvalue weighted by Gasteiger charge is -2.29. The van der Waals surface area contributed by atoms with Crippen molar-refractivity contribution in [2.75, 3.05) is 31.2 Å². The summed E-state index contributed by atoms with van der Waals surface area (Å²) in [4.78, 5) is 14.3. The molecule has 1 fully saturated rings. The lowest BCUT2D eigenvalue weighted by atomic mass is 10.1. The molecule has 3 rings (SSSR count). The molecule has 2 heterocycles. The second-order valence-electron chi connectivity index (χ2n) is 4.85. The molecular weight excluding hydrogens is 302 g/mol. The molecule has 0 atom stereocenters. The number of morpholine rings is 1. The molecule has 0 spiro atoms. The van der Waals surface area contributed by atoms with Crippen LogP contribution in [0.3, 0.4) is 0 Å². The highest BCUT2D eigenvalue weighted by molar-refractivity contribution is 8.05. The van der Waals surface area contributed by atoms with Crippen LogP contribution in [0.4, 0.5) is 5.69 Å². The molecule has 1 saturated heterocycles. The first-order valence-electron chi connectivity index (χ1n) is 6.99. The summed E-state index contributed by atoms with van der Waals surface area (Å²) in [5, 5.41) is 18.3. The molecule has 3 N–H and O–H groups in total. The third-order valence-corrected chi connectivity index (χ3v) is 4.16. The van der Waals surface area contributed by atoms with Crippen molar-refractivity contribution in [2.45, 2.75) is 0 Å². The van der Waals surface area contributed by atoms with E-state index in [0.717, 1.165) is 18.8 Å². The number of thioether (sulfide) groups is 1. The van der Waals surface area contributed by atoms with Gasteiger partial charge in [-0.15, -0.1) is 0 Å². The van der Waals surface area contributed by atoms with Gasteiger partial charge in [0.2, 0.25) is 0 Å². The summed E-state index contributed by atoms with van der Waals surface area (Å²) in [5.41, 5.74) is 1.15. The Morgan fingerprint density at radius 3 is 2.86 bits per heavy atom. The van der Waals surface area contributed by atoms with E-state index >= 15 is 0 Å². The molecular formula is C15H17N3O3S. The summed E-state index contributed by atoms with van der Waals surface area (Å²) in [6, 6.07) is 5.12. The molecule has 0 aliphatic carbocycles. The van der Waals surface area contributed by atoms with E-state index in [4.69, 9.17) is 4.74 Å². The molecule has 2 aliphatic rings. The first-order valence-corrected chi connectivity index (χ1v) is 7.87. The standard InChI is InChI=1S/C15H17N3O3S/c19-13-9-11(18-4-6-21-7-5-18)1-2-12(13)15(20)17-14-10-16-3-8-22-14/h1-3,8-10,16,19H,4-7H2,(H,17,20). The van der Waals surface area contributed by atoms with Crippen LogP contribution in [0.25, 0.3) is 0 Å². The molecule has 1 aromatic carbocycles. The number of amides is 1. The van der Waals surface area contributed by atoms with E-state index in [1.54, 1.807) is 24.5 Å². The summed E-state index contributed by atoms with van der Waals surface area (Å²) < 4.78 is 5.31. The fraction of sp³-hybridized carbons (Fsp3) is 0.267. The molecule has 6 nitrogen and oxygen atoms in total. The topological polar surface area (TPSA) is 73.8 Å². The number of nitrogens with zero attached hydrogens (tertiary/aromatic N) is 1. The van der Waals surface area contributed by atoms with Crippen LogP contribution < -0.4 is 15.5 Å². The van der Waals surface area contributed by atoms with Gasteiger partial charge in [0.15, 0.2) is 0 Å². The maximum Gasteiger partial charge on any atom is 0.259 e. The van der Waals surface area contributed by atoms with Crippen molar-refractivity contribution < 1.29 is 14.6 Å². The first kappa shape index (κ1) is 14.8. The van der Waals surface area contributed by atoms with Crippen LogP contribution in [0.1, 0.15) is 10.4 Å². The van der Waals surface area contributed by atoms with Crippen molar-refractivity contribution >= 4 is 23.4 Å². The molecule has 7 heteroatoms. The number of carbonyl (C=O) groups is 1. The van der Waals surface area contributed by atoms with Crippen molar-refractivity contribution in [1.82, 2.24) is 10.6 Å². The number of hydrogen-bond acceptors (Lipinski definition) is 6. The zero-order valence-corrected chi connectivity index (χ0v) is 12.7. The summed E-state index contributed by atoms with van der Waals surface area (Å²) in [7, 11) is 0. The van der Waals surface area contributed by atoms with Crippen molar-refractivity contribution in [3.05, 3.63) is 46.6 Å². The van der Waals surface area contributed by atoms with Crippen LogP contribution in [-0.2, 0) is 4.74 Å². The van der Waals surface area contributed by atoms with Crippen LogP contribution >= 0.6 is 11.8 Å². The second kappa shape index (κ2) is 6.76. The summed E-state index contributed by atoms with van der Waals surface area (Å²) in [6.07, 6.45) is 3.47. The van der Waals surface area contributed by atoms with E-state index in [1.807, 2.05) is 11.5 Å². The van der Waals surface area contributed by atoms with E-state index in [9.17, 15) is 9.90 Å². The van der Waals surface area contributed by atoms with Gasteiger partial charge in [0, 0.05) is 37.2 Å². The van der Waals surface area contributed by atoms with Crippen molar-refractivity contribution in [3.63, 3.8) is 0 Å². The van der Waals surface area contributed by atoms with Gasteiger partial charge in [0.1, 0.15) is 5.75 Å². The van der Waals surface area contributed by atoms with E-state index in [2.05, 4.69) is 15.5 Å². The largest absolute Gasteiger partial charge is 0.507 e. The normalized spacial score (nSPS) is 17.6. The van der Waals surface area contributed by atoms with Gasteiger partial charge in [0.25, 0.3) is 5.91 Å². The lowest BCUT2D eigenvalue weighted by Crippen LogP contribution is -2.36. The van der Waals surface area contributed by atoms with Gasteiger partial charge < -0.3 is 25.4 Å². The Balaban J connectivity index is 1.71. The smallest absolute Gasteiger partial charge is 0.259 e. The third-order valence-electron chi connectivity index (χ3n) is 3.41. The average molecular weight is 319 g/mol. The minimum atomic E-state index is -0.332. The lowest BCUT2D eigenvalue weighted by molar-refractivity contribution is 0.0966. The fourth-order valence-electron chi connectivity index (χ4n) is 2.28. The number of phenolic OH excluding ortho intramolecular Hbond substituents is 1. The summed E-state index contributed by atoms with van der Waals surface area (Å²) in [5.74, 6) is -0.353. The highest BCUT2D eigenvalue weighted by atomic mass is 32.2. The number of anilines is 1. The Morgan fingerprint density at radius 2 is 2.18 bits per heavy atom. The van der Waals surface area contributed by atoms with Crippen LogP contribution in [0.2, 0.25) is 0 Å². The molecule has 116 valence electrons. The van der Waals surface area contributed by atoms with E-state index < -0.39 is 0 Å². The SMILES string of the molecule is O=C(NC1=CNC=CS1)c1ccc(N2CCOCC2)cc1O. The first-order chi connectivity index (χ1) is 10.7. The monoisotopic (exact) mass is 319 g/mol. The quantitative estimate of drug-likeness (QED) is 0.785. The average Bonchev–Trinajstić information content (AvgIpc) is 2.56. The number of phenols is 1. The Kier molecular flexibility index (Phi) is 4.55. The molecule has 22 heavy (non-hydrogen) atoms.